The molecule has 0 radical (unpaired) electrons. The summed E-state index contributed by atoms with van der Waals surface area (Å²) in [6, 6.07) is -0.680. The molecule has 0 aromatic carbocycles. The highest BCUT2D eigenvalue weighted by atomic mass is 16.4. The van der Waals surface area contributed by atoms with Crippen LogP contribution in [0.3, 0.4) is 0 Å². The zero-order valence-electron chi connectivity index (χ0n) is 14.9. The van der Waals surface area contributed by atoms with E-state index in [2.05, 4.69) is 5.32 Å². The zero-order chi connectivity index (χ0) is 18.0. The zero-order valence-corrected chi connectivity index (χ0v) is 14.9. The minimum absolute atomic E-state index is 0.227. The van der Waals surface area contributed by atoms with Crippen molar-refractivity contribution in [2.75, 3.05) is 0 Å². The van der Waals surface area contributed by atoms with E-state index in [9.17, 15) is 14.4 Å². The average molecular weight is 324 g/mol. The van der Waals surface area contributed by atoms with Gasteiger partial charge in [0.2, 0.25) is 11.8 Å². The maximum absolute atomic E-state index is 11.9. The maximum Gasteiger partial charge on any atom is 0.420 e. The summed E-state index contributed by atoms with van der Waals surface area (Å²) >= 11 is 0. The number of imide groups is 1. The summed E-state index contributed by atoms with van der Waals surface area (Å²) in [7, 11) is 0. The maximum atomic E-state index is 11.9. The molecule has 0 spiro atoms. The first-order chi connectivity index (χ1) is 11.1. The minimum atomic E-state index is -0.680. The van der Waals surface area contributed by atoms with E-state index >= 15 is 0 Å². The number of rotatable bonds is 2. The largest absolute Gasteiger partial charge is 0.420 e. The minimum Gasteiger partial charge on any atom is -0.408 e. The Hall–Kier alpha value is -2.11. The first kappa shape index (κ1) is 20.9. The van der Waals surface area contributed by atoms with E-state index in [4.69, 9.17) is 4.42 Å². The Bertz CT molecular complexity index is 682. The third-order valence-electron chi connectivity index (χ3n) is 3.09. The van der Waals surface area contributed by atoms with Crippen LogP contribution in [0.15, 0.2) is 9.21 Å². The number of oxazole rings is 1. The molecular weight excluding hydrogens is 296 g/mol. The van der Waals surface area contributed by atoms with E-state index in [0.29, 0.717) is 23.6 Å². The van der Waals surface area contributed by atoms with E-state index < -0.39 is 17.7 Å². The fraction of sp³-hybridized carbons (Fsp3) is 0.588. The average Bonchev–Trinajstić information content (AvgIpc) is 2.88. The molecule has 2 rings (SSSR count). The van der Waals surface area contributed by atoms with Gasteiger partial charge in [0.1, 0.15) is 6.04 Å². The summed E-state index contributed by atoms with van der Waals surface area (Å²) in [4.78, 5) is 34.9. The van der Waals surface area contributed by atoms with Gasteiger partial charge >= 0.3 is 5.76 Å². The van der Waals surface area contributed by atoms with Gasteiger partial charge in [-0.2, -0.15) is 0 Å². The molecule has 1 fully saturated rings. The van der Waals surface area contributed by atoms with Crippen LogP contribution in [-0.4, -0.2) is 16.4 Å². The number of hydrogen-bond donors (Lipinski definition) is 1. The molecule has 0 aliphatic carbocycles. The fourth-order valence-electron chi connectivity index (χ4n) is 2.24. The van der Waals surface area contributed by atoms with Crippen LogP contribution in [0, 0.1) is 0 Å². The predicted molar refractivity (Wildman–Crippen MR) is 91.2 cm³/mol. The molecule has 0 bridgehead atoms. The van der Waals surface area contributed by atoms with Gasteiger partial charge in [0.15, 0.2) is 5.42 Å². The molecule has 1 unspecified atom stereocenters. The standard InChI is InChI=1S/C13H16N2O4.2C2H6/c1-3-5-8-10(4-2)19-13(18)15(8)9-6-7-11(16)14-12(9)17;2*1-2/h4-5,9H,3,6-7H2,1-2H3,(H,14,16,17);2*1-2H3/b8-5+,10-4+;;. The van der Waals surface area contributed by atoms with Crippen molar-refractivity contribution in [2.24, 2.45) is 0 Å². The number of amides is 2. The Morgan fingerprint density at radius 3 is 2.30 bits per heavy atom. The number of nitrogens with one attached hydrogen (secondary N) is 1. The van der Waals surface area contributed by atoms with Gasteiger partial charge in [-0.1, -0.05) is 40.7 Å². The Morgan fingerprint density at radius 1 is 1.22 bits per heavy atom. The highest BCUT2D eigenvalue weighted by molar-refractivity contribution is 5.99. The fourth-order valence-corrected chi connectivity index (χ4v) is 2.24. The molecule has 2 amide bonds. The van der Waals surface area contributed by atoms with Gasteiger partial charge in [-0.05, 0) is 25.8 Å². The molecule has 6 heteroatoms. The molecule has 1 aromatic heterocycles. The van der Waals surface area contributed by atoms with Crippen LogP contribution in [0.1, 0.15) is 66.8 Å². The lowest BCUT2D eigenvalue weighted by atomic mass is 10.1. The van der Waals surface area contributed by atoms with Gasteiger partial charge in [-0.15, -0.1) is 0 Å². The summed E-state index contributed by atoms with van der Waals surface area (Å²) in [6.07, 6.45) is 4.78. The highest BCUT2D eigenvalue weighted by Gasteiger charge is 2.30. The van der Waals surface area contributed by atoms with Gasteiger partial charge in [0.05, 0.1) is 5.35 Å². The van der Waals surface area contributed by atoms with Crippen molar-refractivity contribution in [3.05, 3.63) is 21.3 Å². The van der Waals surface area contributed by atoms with Crippen molar-refractivity contribution < 1.29 is 14.0 Å². The van der Waals surface area contributed by atoms with Crippen molar-refractivity contribution in [1.29, 1.82) is 0 Å². The van der Waals surface area contributed by atoms with Gasteiger partial charge in [0, 0.05) is 6.42 Å². The molecule has 1 aliphatic rings. The Kier molecular flexibility index (Phi) is 9.62. The molecular formula is C17H28N2O4. The lowest BCUT2D eigenvalue weighted by molar-refractivity contribution is -0.135. The van der Waals surface area contributed by atoms with Gasteiger partial charge in [-0.3, -0.25) is 19.5 Å². The molecule has 23 heavy (non-hydrogen) atoms. The molecule has 130 valence electrons. The molecule has 1 aliphatic heterocycles. The van der Waals surface area contributed by atoms with Crippen molar-refractivity contribution in [1.82, 2.24) is 9.88 Å². The smallest absolute Gasteiger partial charge is 0.408 e. The second-order valence-electron chi connectivity index (χ2n) is 4.36. The van der Waals surface area contributed by atoms with Crippen LogP contribution >= 0.6 is 0 Å². The number of aromatic nitrogens is 1. The molecule has 1 atom stereocenters. The number of hydrogen-bond acceptors (Lipinski definition) is 4. The summed E-state index contributed by atoms with van der Waals surface area (Å²) in [5, 5.41) is 2.85. The molecule has 1 aromatic rings. The lowest BCUT2D eigenvalue weighted by Gasteiger charge is -2.20. The molecule has 0 saturated carbocycles. The summed E-state index contributed by atoms with van der Waals surface area (Å²) < 4.78 is 6.47. The lowest BCUT2D eigenvalue weighted by Crippen LogP contribution is -2.47. The SMILES string of the molecule is C/C=c1/oc(=O)n(C2CCC(=O)NC2=O)/c1=C/CC.CC.CC. The van der Waals surface area contributed by atoms with E-state index in [1.807, 2.05) is 40.7 Å². The first-order valence-corrected chi connectivity index (χ1v) is 8.30. The second-order valence-corrected chi connectivity index (χ2v) is 4.36. The second kappa shape index (κ2) is 10.6. The van der Waals surface area contributed by atoms with Crippen LogP contribution < -0.4 is 21.8 Å². The Labute approximate surface area is 136 Å². The molecule has 2 heterocycles. The molecule has 1 N–H and O–H groups in total. The predicted octanol–water partition coefficient (Wildman–Crippen LogP) is 1.46. The topological polar surface area (TPSA) is 81.3 Å². The Morgan fingerprint density at radius 2 is 1.83 bits per heavy atom. The van der Waals surface area contributed by atoms with Gasteiger partial charge in [0.25, 0.3) is 0 Å². The molecule has 1 saturated heterocycles. The van der Waals surface area contributed by atoms with Gasteiger partial charge in [-0.25, -0.2) is 4.79 Å². The van der Waals surface area contributed by atoms with E-state index in [-0.39, 0.29) is 12.3 Å². The quantitative estimate of drug-likeness (QED) is 0.835. The summed E-state index contributed by atoms with van der Waals surface area (Å²) in [6.45, 7) is 11.7. The van der Waals surface area contributed by atoms with Crippen molar-refractivity contribution in [2.45, 2.75) is 66.8 Å². The van der Waals surface area contributed by atoms with Crippen LogP contribution in [0.25, 0.3) is 12.2 Å². The van der Waals surface area contributed by atoms with Crippen molar-refractivity contribution in [3.63, 3.8) is 0 Å². The Balaban J connectivity index is 0.00000112. The normalized spacial score (nSPS) is 18.6. The summed E-state index contributed by atoms with van der Waals surface area (Å²) in [5.74, 6) is -1.32. The first-order valence-electron chi connectivity index (χ1n) is 8.30. The third kappa shape index (κ3) is 4.94. The van der Waals surface area contributed by atoms with Crippen LogP contribution in [0.2, 0.25) is 0 Å². The number of carbonyl (C=O) groups excluding carboxylic acids is 2. The van der Waals surface area contributed by atoms with Crippen LogP contribution in [0.5, 0.6) is 0 Å². The number of carbonyl (C=O) groups is 2. The van der Waals surface area contributed by atoms with E-state index in [1.54, 1.807) is 13.0 Å². The number of piperidine rings is 1. The summed E-state index contributed by atoms with van der Waals surface area (Å²) in [5.41, 5.74) is 0.455. The molecule has 6 nitrogen and oxygen atoms in total. The van der Waals surface area contributed by atoms with Gasteiger partial charge < -0.3 is 4.42 Å². The third-order valence-corrected chi connectivity index (χ3v) is 3.09. The highest BCUT2D eigenvalue weighted by Crippen LogP contribution is 2.14. The van der Waals surface area contributed by atoms with E-state index in [0.717, 1.165) is 0 Å². The van der Waals surface area contributed by atoms with Crippen LogP contribution in [-0.2, 0) is 9.59 Å². The van der Waals surface area contributed by atoms with Crippen LogP contribution in [0.4, 0.5) is 0 Å². The number of nitrogens with zero attached hydrogens (tertiary/aromatic N) is 1. The van der Waals surface area contributed by atoms with E-state index in [1.165, 1.54) is 4.57 Å². The van der Waals surface area contributed by atoms with Crippen molar-refractivity contribution >= 4 is 24.0 Å². The van der Waals surface area contributed by atoms with Crippen molar-refractivity contribution in [3.8, 4) is 0 Å². The monoisotopic (exact) mass is 324 g/mol.